The maximum absolute atomic E-state index is 11.8. The zero-order valence-corrected chi connectivity index (χ0v) is 14.1. The minimum atomic E-state index is -0.151. The number of rotatable bonds is 12. The molecule has 0 aliphatic carbocycles. The molecule has 3 nitrogen and oxygen atoms in total. The van der Waals surface area contributed by atoms with Crippen LogP contribution in [0.1, 0.15) is 79.1 Å². The Bertz CT molecular complexity index is 227. The first-order valence-corrected chi connectivity index (χ1v) is 8.61. The van der Waals surface area contributed by atoms with Gasteiger partial charge in [0.25, 0.3) is 0 Å². The topological polar surface area (TPSA) is 29.5 Å². The monoisotopic (exact) mass is 285 g/mol. The fourth-order valence-corrected chi connectivity index (χ4v) is 2.52. The number of amides is 1. The summed E-state index contributed by atoms with van der Waals surface area (Å²) in [5, 5.41) is 0. The Hall–Kier alpha value is -0.730. The highest BCUT2D eigenvalue weighted by molar-refractivity contribution is 5.67. The van der Waals surface area contributed by atoms with E-state index in [1.807, 2.05) is 13.8 Å². The van der Waals surface area contributed by atoms with Crippen molar-refractivity contribution in [3.63, 3.8) is 0 Å². The lowest BCUT2D eigenvalue weighted by atomic mass is 9.97. The van der Waals surface area contributed by atoms with E-state index in [4.69, 9.17) is 4.74 Å². The Morgan fingerprint density at radius 3 is 2.10 bits per heavy atom. The van der Waals surface area contributed by atoms with Crippen molar-refractivity contribution in [3.05, 3.63) is 0 Å². The van der Waals surface area contributed by atoms with Crippen LogP contribution in [-0.4, -0.2) is 30.7 Å². The lowest BCUT2D eigenvalue weighted by molar-refractivity contribution is 0.0867. The van der Waals surface area contributed by atoms with E-state index in [0.29, 0.717) is 12.5 Å². The Morgan fingerprint density at radius 1 is 0.900 bits per heavy atom. The standard InChI is InChI=1S/C17H35NO2/c1-5-9-10-11-12-14-16(13-6-2)15-20-17(19)18(7-3)8-4/h16H,5-15H2,1-4H3. The van der Waals surface area contributed by atoms with Crippen LogP contribution >= 0.6 is 0 Å². The molecule has 0 aliphatic heterocycles. The molecule has 1 amide bonds. The predicted molar refractivity (Wildman–Crippen MR) is 86.0 cm³/mol. The summed E-state index contributed by atoms with van der Waals surface area (Å²) in [5.74, 6) is 0.543. The molecule has 0 aromatic heterocycles. The predicted octanol–water partition coefficient (Wildman–Crippen LogP) is 5.24. The first-order valence-electron chi connectivity index (χ1n) is 8.61. The van der Waals surface area contributed by atoms with Gasteiger partial charge in [0.05, 0.1) is 6.61 Å². The second kappa shape index (κ2) is 13.3. The molecule has 0 spiro atoms. The Balaban J connectivity index is 3.91. The first kappa shape index (κ1) is 19.3. The number of unbranched alkanes of at least 4 members (excludes halogenated alkanes) is 4. The van der Waals surface area contributed by atoms with Gasteiger partial charge in [0.1, 0.15) is 0 Å². The second-order valence-corrected chi connectivity index (χ2v) is 5.61. The third-order valence-electron chi connectivity index (χ3n) is 3.88. The van der Waals surface area contributed by atoms with Gasteiger partial charge >= 0.3 is 6.09 Å². The average molecular weight is 285 g/mol. The van der Waals surface area contributed by atoms with E-state index >= 15 is 0 Å². The molecule has 1 atom stereocenters. The second-order valence-electron chi connectivity index (χ2n) is 5.61. The van der Waals surface area contributed by atoms with E-state index in [9.17, 15) is 4.79 Å². The average Bonchev–Trinajstić information content (AvgIpc) is 2.45. The molecule has 0 aromatic carbocycles. The quantitative estimate of drug-likeness (QED) is 0.459. The molecule has 0 bridgehead atoms. The zero-order chi connectivity index (χ0) is 15.2. The highest BCUT2D eigenvalue weighted by atomic mass is 16.6. The van der Waals surface area contributed by atoms with Crippen molar-refractivity contribution in [2.24, 2.45) is 5.92 Å². The third kappa shape index (κ3) is 9.22. The number of hydrogen-bond donors (Lipinski definition) is 0. The van der Waals surface area contributed by atoms with Crippen molar-refractivity contribution in [2.45, 2.75) is 79.1 Å². The molecule has 0 rings (SSSR count). The van der Waals surface area contributed by atoms with Crippen LogP contribution in [0.15, 0.2) is 0 Å². The normalized spacial score (nSPS) is 12.2. The summed E-state index contributed by atoms with van der Waals surface area (Å²) in [7, 11) is 0. The van der Waals surface area contributed by atoms with Gasteiger partial charge in [-0.05, 0) is 32.6 Å². The van der Waals surface area contributed by atoms with E-state index in [1.54, 1.807) is 4.90 Å². The Morgan fingerprint density at radius 2 is 1.55 bits per heavy atom. The summed E-state index contributed by atoms with van der Waals surface area (Å²) in [6.07, 6.45) is 9.95. The largest absolute Gasteiger partial charge is 0.449 e. The summed E-state index contributed by atoms with van der Waals surface area (Å²) < 4.78 is 5.47. The third-order valence-corrected chi connectivity index (χ3v) is 3.88. The Kier molecular flexibility index (Phi) is 12.8. The molecular formula is C17H35NO2. The lowest BCUT2D eigenvalue weighted by Crippen LogP contribution is -2.32. The number of hydrogen-bond acceptors (Lipinski definition) is 2. The number of nitrogens with zero attached hydrogens (tertiary/aromatic N) is 1. The van der Waals surface area contributed by atoms with E-state index in [-0.39, 0.29) is 6.09 Å². The van der Waals surface area contributed by atoms with Crippen LogP contribution in [0, 0.1) is 5.92 Å². The SMILES string of the molecule is CCCCCCCC(CCC)COC(=O)N(CC)CC. The molecule has 0 radical (unpaired) electrons. The van der Waals surface area contributed by atoms with Crippen LogP contribution in [-0.2, 0) is 4.74 Å². The van der Waals surface area contributed by atoms with Gasteiger partial charge in [0, 0.05) is 13.1 Å². The van der Waals surface area contributed by atoms with Crippen molar-refractivity contribution < 1.29 is 9.53 Å². The van der Waals surface area contributed by atoms with Crippen LogP contribution in [0.3, 0.4) is 0 Å². The van der Waals surface area contributed by atoms with Gasteiger partial charge in [-0.25, -0.2) is 4.79 Å². The molecule has 3 heteroatoms. The van der Waals surface area contributed by atoms with Gasteiger partial charge in [-0.1, -0.05) is 52.4 Å². The molecular weight excluding hydrogens is 250 g/mol. The molecule has 0 fully saturated rings. The van der Waals surface area contributed by atoms with E-state index in [2.05, 4.69) is 13.8 Å². The summed E-state index contributed by atoms with van der Waals surface area (Å²) in [6.45, 7) is 10.5. The molecule has 0 saturated heterocycles. The molecule has 0 saturated carbocycles. The number of carbonyl (C=O) groups excluding carboxylic acids is 1. The van der Waals surface area contributed by atoms with E-state index in [1.165, 1.54) is 51.4 Å². The van der Waals surface area contributed by atoms with Crippen LogP contribution in [0.4, 0.5) is 4.79 Å². The van der Waals surface area contributed by atoms with Crippen molar-refractivity contribution >= 4 is 6.09 Å². The van der Waals surface area contributed by atoms with Gasteiger partial charge in [-0.3, -0.25) is 0 Å². The highest BCUT2D eigenvalue weighted by Gasteiger charge is 2.14. The molecule has 120 valence electrons. The summed E-state index contributed by atoms with van der Waals surface area (Å²) in [6, 6.07) is 0. The minimum Gasteiger partial charge on any atom is -0.449 e. The molecule has 0 heterocycles. The van der Waals surface area contributed by atoms with Crippen LogP contribution in [0.25, 0.3) is 0 Å². The van der Waals surface area contributed by atoms with Gasteiger partial charge in [0.15, 0.2) is 0 Å². The Labute approximate surface area is 126 Å². The summed E-state index contributed by atoms with van der Waals surface area (Å²) >= 11 is 0. The van der Waals surface area contributed by atoms with Gasteiger partial charge in [-0.2, -0.15) is 0 Å². The van der Waals surface area contributed by atoms with Crippen LogP contribution < -0.4 is 0 Å². The van der Waals surface area contributed by atoms with Crippen molar-refractivity contribution in [1.29, 1.82) is 0 Å². The van der Waals surface area contributed by atoms with E-state index < -0.39 is 0 Å². The van der Waals surface area contributed by atoms with E-state index in [0.717, 1.165) is 13.1 Å². The zero-order valence-electron chi connectivity index (χ0n) is 14.1. The van der Waals surface area contributed by atoms with Crippen molar-refractivity contribution in [1.82, 2.24) is 4.90 Å². The maximum Gasteiger partial charge on any atom is 0.409 e. The van der Waals surface area contributed by atoms with Crippen molar-refractivity contribution in [2.75, 3.05) is 19.7 Å². The number of ether oxygens (including phenoxy) is 1. The minimum absolute atomic E-state index is 0.151. The molecule has 1 unspecified atom stereocenters. The molecule has 0 N–H and O–H groups in total. The maximum atomic E-state index is 11.8. The summed E-state index contributed by atoms with van der Waals surface area (Å²) in [4.78, 5) is 13.6. The number of carbonyl (C=O) groups is 1. The van der Waals surface area contributed by atoms with Gasteiger partial charge in [0.2, 0.25) is 0 Å². The van der Waals surface area contributed by atoms with Crippen molar-refractivity contribution in [3.8, 4) is 0 Å². The smallest absolute Gasteiger partial charge is 0.409 e. The van der Waals surface area contributed by atoms with Gasteiger partial charge < -0.3 is 9.64 Å². The molecule has 20 heavy (non-hydrogen) atoms. The van der Waals surface area contributed by atoms with Crippen LogP contribution in [0.5, 0.6) is 0 Å². The van der Waals surface area contributed by atoms with Crippen LogP contribution in [0.2, 0.25) is 0 Å². The fraction of sp³-hybridized carbons (Fsp3) is 0.941. The van der Waals surface area contributed by atoms with Gasteiger partial charge in [-0.15, -0.1) is 0 Å². The lowest BCUT2D eigenvalue weighted by Gasteiger charge is -2.21. The fourth-order valence-electron chi connectivity index (χ4n) is 2.52. The molecule has 0 aromatic rings. The first-order chi connectivity index (χ1) is 9.69. The highest BCUT2D eigenvalue weighted by Crippen LogP contribution is 2.17. The molecule has 0 aliphatic rings. The summed E-state index contributed by atoms with van der Waals surface area (Å²) in [5.41, 5.74) is 0.